The first-order valence-corrected chi connectivity index (χ1v) is 6.86. The fourth-order valence-corrected chi connectivity index (χ4v) is 2.65. The van der Waals surface area contributed by atoms with Crippen molar-refractivity contribution in [3.8, 4) is 0 Å². The number of piperidine rings is 1. The van der Waals surface area contributed by atoms with Crippen LogP contribution in [0.3, 0.4) is 0 Å². The molecule has 114 valence electrons. The lowest BCUT2D eigenvalue weighted by Gasteiger charge is -2.39. The second kappa shape index (κ2) is 6.22. The molecule has 1 aliphatic rings. The number of amides is 1. The van der Waals surface area contributed by atoms with Gasteiger partial charge in [-0.3, -0.25) is 4.79 Å². The van der Waals surface area contributed by atoms with Crippen LogP contribution < -0.4 is 0 Å². The predicted octanol–water partition coefficient (Wildman–Crippen LogP) is 1.45. The molecule has 1 fully saturated rings. The van der Waals surface area contributed by atoms with E-state index in [9.17, 15) is 19.1 Å². The fraction of sp³-hybridized carbons (Fsp3) is 0.467. The quantitative estimate of drug-likeness (QED) is 0.916. The molecule has 0 aliphatic carbocycles. The van der Waals surface area contributed by atoms with Crippen LogP contribution in [0.1, 0.15) is 23.2 Å². The van der Waals surface area contributed by atoms with Gasteiger partial charge in [-0.2, -0.15) is 0 Å². The maximum atomic E-state index is 12.9. The number of carbonyl (C=O) groups is 2. The summed E-state index contributed by atoms with van der Waals surface area (Å²) in [6.07, 6.45) is 1.12. The summed E-state index contributed by atoms with van der Waals surface area (Å²) in [5, 5.41) is 9.38. The van der Waals surface area contributed by atoms with E-state index in [4.69, 9.17) is 0 Å². The first kappa shape index (κ1) is 15.4. The average molecular weight is 294 g/mol. The molecule has 1 saturated heterocycles. The van der Waals surface area contributed by atoms with E-state index in [-0.39, 0.29) is 11.9 Å². The number of rotatable bonds is 3. The summed E-state index contributed by atoms with van der Waals surface area (Å²) >= 11 is 0. The van der Waals surface area contributed by atoms with E-state index in [0.717, 1.165) is 6.42 Å². The molecule has 0 radical (unpaired) electrons. The molecular weight excluding hydrogens is 275 g/mol. The van der Waals surface area contributed by atoms with Crippen LogP contribution in [0.5, 0.6) is 0 Å². The van der Waals surface area contributed by atoms with Gasteiger partial charge in [0.05, 0.1) is 0 Å². The minimum absolute atomic E-state index is 0.142. The zero-order chi connectivity index (χ0) is 15.6. The highest BCUT2D eigenvalue weighted by Crippen LogP contribution is 2.23. The Morgan fingerprint density at radius 2 is 1.90 bits per heavy atom. The molecule has 0 bridgehead atoms. The van der Waals surface area contributed by atoms with Gasteiger partial charge in [-0.15, -0.1) is 0 Å². The van der Waals surface area contributed by atoms with Gasteiger partial charge in [-0.1, -0.05) is 0 Å². The summed E-state index contributed by atoms with van der Waals surface area (Å²) in [6.45, 7) is 0.385. The molecule has 1 aromatic carbocycles. The van der Waals surface area contributed by atoms with Gasteiger partial charge in [0.2, 0.25) is 0 Å². The predicted molar refractivity (Wildman–Crippen MR) is 75.6 cm³/mol. The van der Waals surface area contributed by atoms with Crippen molar-refractivity contribution in [3.63, 3.8) is 0 Å². The molecule has 6 heteroatoms. The van der Waals surface area contributed by atoms with E-state index in [1.165, 1.54) is 29.2 Å². The van der Waals surface area contributed by atoms with Crippen molar-refractivity contribution in [3.05, 3.63) is 35.6 Å². The van der Waals surface area contributed by atoms with Crippen LogP contribution in [0.2, 0.25) is 0 Å². The first-order chi connectivity index (χ1) is 9.90. The van der Waals surface area contributed by atoms with E-state index in [1.807, 2.05) is 19.0 Å². The van der Waals surface area contributed by atoms with Crippen molar-refractivity contribution in [2.24, 2.45) is 0 Å². The molecule has 0 aromatic heterocycles. The van der Waals surface area contributed by atoms with Gasteiger partial charge in [0.15, 0.2) is 0 Å². The van der Waals surface area contributed by atoms with Crippen molar-refractivity contribution in [2.75, 3.05) is 20.6 Å². The number of aliphatic carboxylic acids is 1. The number of likely N-dealkylation sites (tertiary alicyclic amines) is 1. The highest BCUT2D eigenvalue weighted by atomic mass is 19.1. The van der Waals surface area contributed by atoms with Gasteiger partial charge >= 0.3 is 5.97 Å². The Bertz CT molecular complexity index is 530. The van der Waals surface area contributed by atoms with Crippen molar-refractivity contribution in [2.45, 2.75) is 24.9 Å². The first-order valence-electron chi connectivity index (χ1n) is 6.86. The molecule has 0 spiro atoms. The minimum atomic E-state index is -1.00. The SMILES string of the molecule is CN(C)[C@H]1CCN(C(=O)c2ccc(F)cc2)[C@H](C(=O)O)C1. The molecule has 0 saturated carbocycles. The zero-order valence-electron chi connectivity index (χ0n) is 12.1. The second-order valence-corrected chi connectivity index (χ2v) is 5.50. The smallest absolute Gasteiger partial charge is 0.326 e. The van der Waals surface area contributed by atoms with Crippen LogP contribution >= 0.6 is 0 Å². The maximum Gasteiger partial charge on any atom is 0.326 e. The molecule has 2 rings (SSSR count). The van der Waals surface area contributed by atoms with Crippen LogP contribution in [0.25, 0.3) is 0 Å². The van der Waals surface area contributed by atoms with Crippen molar-refractivity contribution in [1.82, 2.24) is 9.80 Å². The van der Waals surface area contributed by atoms with Gasteiger partial charge in [0.25, 0.3) is 5.91 Å². The summed E-state index contributed by atoms with van der Waals surface area (Å²) in [5.74, 6) is -1.79. The largest absolute Gasteiger partial charge is 0.480 e. The number of nitrogens with zero attached hydrogens (tertiary/aromatic N) is 2. The lowest BCUT2D eigenvalue weighted by molar-refractivity contribution is -0.144. The fourth-order valence-electron chi connectivity index (χ4n) is 2.65. The van der Waals surface area contributed by atoms with Crippen molar-refractivity contribution < 1.29 is 19.1 Å². The van der Waals surface area contributed by atoms with E-state index in [2.05, 4.69) is 0 Å². The Labute approximate surface area is 123 Å². The minimum Gasteiger partial charge on any atom is -0.480 e. The Hall–Kier alpha value is -1.95. The van der Waals surface area contributed by atoms with Gasteiger partial charge in [0.1, 0.15) is 11.9 Å². The summed E-state index contributed by atoms with van der Waals surface area (Å²) in [6, 6.07) is 4.47. The number of hydrogen-bond donors (Lipinski definition) is 1. The van der Waals surface area contributed by atoms with E-state index in [1.54, 1.807) is 0 Å². The Morgan fingerprint density at radius 1 is 1.29 bits per heavy atom. The van der Waals surface area contributed by atoms with Gasteiger partial charge in [-0.05, 0) is 51.2 Å². The number of halogens is 1. The van der Waals surface area contributed by atoms with E-state index < -0.39 is 17.8 Å². The molecule has 2 atom stereocenters. The van der Waals surface area contributed by atoms with Crippen molar-refractivity contribution >= 4 is 11.9 Å². The summed E-state index contributed by atoms with van der Waals surface area (Å²) < 4.78 is 12.9. The second-order valence-electron chi connectivity index (χ2n) is 5.50. The molecule has 1 aromatic rings. The maximum absolute atomic E-state index is 12.9. The molecular formula is C15H19FN2O3. The molecule has 1 aliphatic heterocycles. The van der Waals surface area contributed by atoms with Crippen LogP contribution in [-0.4, -0.2) is 59.5 Å². The standard InChI is InChI=1S/C15H19FN2O3/c1-17(2)12-7-8-18(13(9-12)15(20)21)14(19)10-3-5-11(16)6-4-10/h3-6,12-13H,7-9H2,1-2H3,(H,20,21)/t12-,13-/m0/s1. The monoisotopic (exact) mass is 294 g/mol. The van der Waals surface area contributed by atoms with Gasteiger partial charge < -0.3 is 14.9 Å². The number of hydrogen-bond acceptors (Lipinski definition) is 3. The molecule has 1 N–H and O–H groups in total. The summed E-state index contributed by atoms with van der Waals surface area (Å²) in [5.41, 5.74) is 0.311. The van der Waals surface area contributed by atoms with Gasteiger partial charge in [0, 0.05) is 18.2 Å². The molecule has 21 heavy (non-hydrogen) atoms. The topological polar surface area (TPSA) is 60.9 Å². The Balaban J connectivity index is 2.19. The number of carboxylic acid groups (broad SMARTS) is 1. The summed E-state index contributed by atoms with van der Waals surface area (Å²) in [7, 11) is 3.81. The zero-order valence-corrected chi connectivity index (χ0v) is 12.1. The third-order valence-corrected chi connectivity index (χ3v) is 3.94. The lowest BCUT2D eigenvalue weighted by Crippen LogP contribution is -2.53. The number of benzene rings is 1. The van der Waals surface area contributed by atoms with E-state index >= 15 is 0 Å². The van der Waals surface area contributed by atoms with Gasteiger partial charge in [-0.25, -0.2) is 9.18 Å². The molecule has 5 nitrogen and oxygen atoms in total. The van der Waals surface area contributed by atoms with Crippen LogP contribution in [0, 0.1) is 5.82 Å². The lowest BCUT2D eigenvalue weighted by atomic mass is 9.95. The molecule has 1 amide bonds. The van der Waals surface area contributed by atoms with Crippen LogP contribution in [-0.2, 0) is 4.79 Å². The third-order valence-electron chi connectivity index (χ3n) is 3.94. The van der Waals surface area contributed by atoms with Crippen LogP contribution in [0.4, 0.5) is 4.39 Å². The van der Waals surface area contributed by atoms with E-state index in [0.29, 0.717) is 18.5 Å². The van der Waals surface area contributed by atoms with Crippen LogP contribution in [0.15, 0.2) is 24.3 Å². The average Bonchev–Trinajstić information content (AvgIpc) is 2.46. The normalized spacial score (nSPS) is 22.4. The number of carbonyl (C=O) groups excluding carboxylic acids is 1. The Kier molecular flexibility index (Phi) is 4.57. The highest BCUT2D eigenvalue weighted by Gasteiger charge is 2.37. The van der Waals surface area contributed by atoms with Crippen molar-refractivity contribution in [1.29, 1.82) is 0 Å². The number of carboxylic acids is 1. The molecule has 0 unspecified atom stereocenters. The third kappa shape index (κ3) is 3.39. The Morgan fingerprint density at radius 3 is 2.43 bits per heavy atom. The summed E-state index contributed by atoms with van der Waals surface area (Å²) in [4.78, 5) is 27.2. The highest BCUT2D eigenvalue weighted by molar-refractivity contribution is 5.96. The molecule has 1 heterocycles.